The van der Waals surface area contributed by atoms with Gasteiger partial charge in [0, 0.05) is 11.6 Å². The topological polar surface area (TPSA) is 40.5 Å². The van der Waals surface area contributed by atoms with Crippen LogP contribution < -0.4 is 0 Å². The van der Waals surface area contributed by atoms with Gasteiger partial charge in [0.05, 0.1) is 0 Å². The number of carboxylic acid groups (broad SMARTS) is 1. The van der Waals surface area contributed by atoms with Crippen molar-refractivity contribution in [3.8, 4) is 0 Å². The highest BCUT2D eigenvalue weighted by atomic mass is 19.2. The molecule has 0 spiro atoms. The summed E-state index contributed by atoms with van der Waals surface area (Å²) in [6.07, 6.45) is 1.74. The predicted molar refractivity (Wildman–Crippen MR) is 71.4 cm³/mol. The van der Waals surface area contributed by atoms with Crippen molar-refractivity contribution in [2.75, 3.05) is 6.54 Å². The van der Waals surface area contributed by atoms with E-state index in [1.54, 1.807) is 11.8 Å². The van der Waals surface area contributed by atoms with Crippen LogP contribution in [0.25, 0.3) is 0 Å². The van der Waals surface area contributed by atoms with Crippen LogP contribution in [-0.4, -0.2) is 28.1 Å². The summed E-state index contributed by atoms with van der Waals surface area (Å²) in [5.74, 6) is -2.67. The molecule has 20 heavy (non-hydrogen) atoms. The Morgan fingerprint density at radius 3 is 2.80 bits per heavy atom. The van der Waals surface area contributed by atoms with Crippen LogP contribution in [0.5, 0.6) is 0 Å². The molecule has 5 heteroatoms. The van der Waals surface area contributed by atoms with Crippen LogP contribution in [-0.2, 0) is 4.79 Å². The lowest BCUT2D eigenvalue weighted by molar-refractivity contribution is -0.151. The van der Waals surface area contributed by atoms with Gasteiger partial charge >= 0.3 is 5.97 Å². The molecule has 1 aromatic rings. The van der Waals surface area contributed by atoms with Crippen molar-refractivity contribution >= 4 is 5.97 Å². The highest BCUT2D eigenvalue weighted by Crippen LogP contribution is 2.40. The van der Waals surface area contributed by atoms with E-state index in [1.165, 1.54) is 12.1 Å². The predicted octanol–water partition coefficient (Wildman–Crippen LogP) is 3.36. The Kier molecular flexibility index (Phi) is 4.09. The number of benzene rings is 1. The van der Waals surface area contributed by atoms with Crippen LogP contribution in [0.3, 0.4) is 0 Å². The van der Waals surface area contributed by atoms with E-state index in [1.807, 2.05) is 6.92 Å². The second-order valence-corrected chi connectivity index (χ2v) is 5.31. The maximum atomic E-state index is 13.9. The third kappa shape index (κ3) is 2.20. The molecule has 3 nitrogen and oxygen atoms in total. The van der Waals surface area contributed by atoms with Crippen molar-refractivity contribution in [3.63, 3.8) is 0 Å². The van der Waals surface area contributed by atoms with E-state index >= 15 is 0 Å². The van der Waals surface area contributed by atoms with Gasteiger partial charge in [-0.3, -0.25) is 9.69 Å². The molecule has 2 unspecified atom stereocenters. The number of carbonyl (C=O) groups is 1. The first-order valence-corrected chi connectivity index (χ1v) is 6.88. The molecule has 1 aliphatic rings. The average molecular weight is 283 g/mol. The molecule has 1 fully saturated rings. The second-order valence-electron chi connectivity index (χ2n) is 5.31. The summed E-state index contributed by atoms with van der Waals surface area (Å²) in [5.41, 5.74) is -0.760. The van der Waals surface area contributed by atoms with Gasteiger partial charge in [0.2, 0.25) is 0 Å². The van der Waals surface area contributed by atoms with Gasteiger partial charge in [-0.05, 0) is 38.8 Å². The normalized spacial score (nSPS) is 24.8. The Hall–Kier alpha value is -1.49. The summed E-state index contributed by atoms with van der Waals surface area (Å²) in [4.78, 5) is 13.4. The third-order valence-electron chi connectivity index (χ3n) is 4.42. The molecule has 1 aromatic carbocycles. The van der Waals surface area contributed by atoms with Gasteiger partial charge in [0.1, 0.15) is 5.54 Å². The molecule has 110 valence electrons. The average Bonchev–Trinajstić information content (AvgIpc) is 2.86. The van der Waals surface area contributed by atoms with Crippen LogP contribution in [0, 0.1) is 11.6 Å². The minimum absolute atomic E-state index is 0.214. The first-order chi connectivity index (χ1) is 9.44. The zero-order chi connectivity index (χ0) is 14.9. The highest BCUT2D eigenvalue weighted by Gasteiger charge is 2.48. The Labute approximate surface area is 117 Å². The molecule has 0 aliphatic carbocycles. The minimum atomic E-state index is -0.974. The first kappa shape index (κ1) is 14.9. The maximum absolute atomic E-state index is 13.9. The standard InChI is InChI=1S/C15H19F2NO2/c1-3-15(14(19)20)8-5-9-18(15)10(2)11-6-4-7-12(16)13(11)17/h4,6-7,10H,3,5,8-9H2,1-2H3,(H,19,20). The summed E-state index contributed by atoms with van der Waals surface area (Å²) < 4.78 is 27.3. The van der Waals surface area contributed by atoms with Gasteiger partial charge in [-0.25, -0.2) is 8.78 Å². The van der Waals surface area contributed by atoms with E-state index in [-0.39, 0.29) is 5.56 Å². The number of hydrogen-bond acceptors (Lipinski definition) is 2. The molecule has 0 saturated carbocycles. The maximum Gasteiger partial charge on any atom is 0.324 e. The van der Waals surface area contributed by atoms with E-state index in [0.717, 1.165) is 12.5 Å². The molecule has 2 rings (SSSR count). The molecule has 1 saturated heterocycles. The quantitative estimate of drug-likeness (QED) is 0.921. The summed E-state index contributed by atoms with van der Waals surface area (Å²) in [5, 5.41) is 9.54. The van der Waals surface area contributed by atoms with Gasteiger partial charge in [-0.15, -0.1) is 0 Å². The number of rotatable bonds is 4. The van der Waals surface area contributed by atoms with Crippen molar-refractivity contribution in [2.45, 2.75) is 44.7 Å². The molecular formula is C15H19F2NO2. The summed E-state index contributed by atoms with van der Waals surface area (Å²) in [6, 6.07) is 3.57. The zero-order valence-electron chi connectivity index (χ0n) is 11.7. The van der Waals surface area contributed by atoms with Gasteiger partial charge in [-0.1, -0.05) is 19.1 Å². The van der Waals surface area contributed by atoms with Crippen LogP contribution in [0.4, 0.5) is 8.78 Å². The smallest absolute Gasteiger partial charge is 0.324 e. The fraction of sp³-hybridized carbons (Fsp3) is 0.533. The Bertz CT molecular complexity index is 521. The lowest BCUT2D eigenvalue weighted by Crippen LogP contribution is -2.51. The van der Waals surface area contributed by atoms with Crippen LogP contribution >= 0.6 is 0 Å². The molecule has 1 N–H and O–H groups in total. The van der Waals surface area contributed by atoms with Gasteiger partial charge < -0.3 is 5.11 Å². The first-order valence-electron chi connectivity index (χ1n) is 6.88. The largest absolute Gasteiger partial charge is 0.480 e. The van der Waals surface area contributed by atoms with Gasteiger partial charge in [-0.2, -0.15) is 0 Å². The molecule has 0 bridgehead atoms. The van der Waals surface area contributed by atoms with E-state index in [4.69, 9.17) is 0 Å². The van der Waals surface area contributed by atoms with Crippen LogP contribution in [0.15, 0.2) is 18.2 Å². The third-order valence-corrected chi connectivity index (χ3v) is 4.42. The van der Waals surface area contributed by atoms with E-state index in [2.05, 4.69) is 0 Å². The lowest BCUT2D eigenvalue weighted by atomic mass is 9.90. The second kappa shape index (κ2) is 5.48. The number of nitrogens with zero attached hydrogens (tertiary/aromatic N) is 1. The van der Waals surface area contributed by atoms with Gasteiger partial charge in [0.15, 0.2) is 11.6 Å². The zero-order valence-corrected chi connectivity index (χ0v) is 11.7. The fourth-order valence-corrected chi connectivity index (χ4v) is 3.24. The van der Waals surface area contributed by atoms with E-state index in [9.17, 15) is 18.7 Å². The number of aliphatic carboxylic acids is 1. The molecule has 2 atom stereocenters. The Morgan fingerprint density at radius 2 is 2.20 bits per heavy atom. The Balaban J connectivity index is 2.39. The molecule has 1 aliphatic heterocycles. The van der Waals surface area contributed by atoms with Crippen molar-refractivity contribution in [3.05, 3.63) is 35.4 Å². The van der Waals surface area contributed by atoms with Gasteiger partial charge in [0.25, 0.3) is 0 Å². The van der Waals surface area contributed by atoms with Crippen molar-refractivity contribution in [1.82, 2.24) is 4.90 Å². The summed E-state index contributed by atoms with van der Waals surface area (Å²) >= 11 is 0. The minimum Gasteiger partial charge on any atom is -0.480 e. The SMILES string of the molecule is CCC1(C(=O)O)CCCN1C(C)c1cccc(F)c1F. The van der Waals surface area contributed by atoms with Crippen LogP contribution in [0.1, 0.15) is 44.7 Å². The highest BCUT2D eigenvalue weighted by molar-refractivity contribution is 5.79. The summed E-state index contributed by atoms with van der Waals surface area (Å²) in [7, 11) is 0. The van der Waals surface area contributed by atoms with E-state index in [0.29, 0.717) is 19.4 Å². The lowest BCUT2D eigenvalue weighted by Gasteiger charge is -2.38. The summed E-state index contributed by atoms with van der Waals surface area (Å²) in [6.45, 7) is 4.13. The molecule has 0 amide bonds. The Morgan fingerprint density at radius 1 is 1.50 bits per heavy atom. The van der Waals surface area contributed by atoms with Crippen molar-refractivity contribution < 1.29 is 18.7 Å². The fourth-order valence-electron chi connectivity index (χ4n) is 3.24. The molecular weight excluding hydrogens is 264 g/mol. The number of halogens is 2. The van der Waals surface area contributed by atoms with E-state index < -0.39 is 29.2 Å². The molecule has 1 heterocycles. The molecule has 0 aromatic heterocycles. The number of likely N-dealkylation sites (tertiary alicyclic amines) is 1. The number of hydrogen-bond donors (Lipinski definition) is 1. The van der Waals surface area contributed by atoms with Crippen molar-refractivity contribution in [1.29, 1.82) is 0 Å². The van der Waals surface area contributed by atoms with Crippen LogP contribution in [0.2, 0.25) is 0 Å². The van der Waals surface area contributed by atoms with Crippen molar-refractivity contribution in [2.24, 2.45) is 0 Å². The monoisotopic (exact) mass is 283 g/mol. The molecule has 0 radical (unpaired) electrons. The number of carboxylic acids is 1.